The predicted octanol–water partition coefficient (Wildman–Crippen LogP) is 3.86. The van der Waals surface area contributed by atoms with E-state index < -0.39 is 16.9 Å². The van der Waals surface area contributed by atoms with Gasteiger partial charge in [0.05, 0.1) is 11.0 Å². The Hall–Kier alpha value is -1.75. The third kappa shape index (κ3) is 2.50. The van der Waals surface area contributed by atoms with Crippen molar-refractivity contribution in [2.24, 2.45) is 23.2 Å². The summed E-state index contributed by atoms with van der Waals surface area (Å²) in [6, 6.07) is 7.81. The summed E-state index contributed by atoms with van der Waals surface area (Å²) in [5.41, 5.74) is -0.00249. The molecule has 1 aromatic rings. The molecule has 0 aromatic heterocycles. The fraction of sp³-hybridized carbons (Fsp3) is 0.619. The van der Waals surface area contributed by atoms with Gasteiger partial charge in [-0.25, -0.2) is 4.79 Å². The van der Waals surface area contributed by atoms with Crippen LogP contribution in [-0.2, 0) is 10.3 Å². The van der Waals surface area contributed by atoms with Crippen LogP contribution in [0.15, 0.2) is 24.3 Å². The van der Waals surface area contributed by atoms with Gasteiger partial charge in [0.1, 0.15) is 0 Å². The first-order valence-corrected chi connectivity index (χ1v) is 10.3. The van der Waals surface area contributed by atoms with Crippen molar-refractivity contribution in [2.45, 2.75) is 50.6 Å². The predicted molar refractivity (Wildman–Crippen MR) is 101 cm³/mol. The van der Waals surface area contributed by atoms with E-state index in [0.717, 1.165) is 37.7 Å². The Kier molecular flexibility index (Phi) is 3.62. The molecular weight excluding hydrogens is 364 g/mol. The summed E-state index contributed by atoms with van der Waals surface area (Å²) in [7, 11) is 0. The fourth-order valence-electron chi connectivity index (χ4n) is 6.76. The van der Waals surface area contributed by atoms with E-state index in [-0.39, 0.29) is 12.1 Å². The number of benzene rings is 1. The number of aliphatic carboxylic acids is 1. The van der Waals surface area contributed by atoms with Crippen LogP contribution in [0.4, 0.5) is 4.79 Å². The summed E-state index contributed by atoms with van der Waals surface area (Å²) >= 11 is 6.17. The number of nitrogens with zero attached hydrogens (tertiary/aromatic N) is 1. The second-order valence-electron chi connectivity index (χ2n) is 9.45. The maximum absolute atomic E-state index is 13.0. The Morgan fingerprint density at radius 1 is 1.26 bits per heavy atom. The molecule has 5 nitrogen and oxygen atoms in total. The maximum atomic E-state index is 13.0. The highest BCUT2D eigenvalue weighted by Gasteiger charge is 2.61. The van der Waals surface area contributed by atoms with Crippen LogP contribution in [-0.4, -0.2) is 34.6 Å². The molecule has 1 saturated heterocycles. The first-order chi connectivity index (χ1) is 12.8. The number of hydrogen-bond acceptors (Lipinski definition) is 2. The van der Waals surface area contributed by atoms with Crippen molar-refractivity contribution in [2.75, 3.05) is 6.54 Å². The number of amides is 2. The number of carbonyl (C=O) groups is 2. The van der Waals surface area contributed by atoms with E-state index in [4.69, 9.17) is 11.6 Å². The molecule has 3 atom stereocenters. The minimum Gasteiger partial charge on any atom is -0.481 e. The maximum Gasteiger partial charge on any atom is 0.318 e. The lowest BCUT2D eigenvalue weighted by Gasteiger charge is -2.59. The highest BCUT2D eigenvalue weighted by Crippen LogP contribution is 2.61. The summed E-state index contributed by atoms with van der Waals surface area (Å²) in [5, 5.41) is 13.7. The smallest absolute Gasteiger partial charge is 0.318 e. The number of urea groups is 1. The topological polar surface area (TPSA) is 69.6 Å². The van der Waals surface area contributed by atoms with Crippen molar-refractivity contribution in [1.29, 1.82) is 0 Å². The Labute approximate surface area is 164 Å². The average molecular weight is 389 g/mol. The quantitative estimate of drug-likeness (QED) is 0.826. The summed E-state index contributed by atoms with van der Waals surface area (Å²) in [6.45, 7) is 2.65. The van der Waals surface area contributed by atoms with Crippen molar-refractivity contribution in [1.82, 2.24) is 10.2 Å². The van der Waals surface area contributed by atoms with Gasteiger partial charge in [-0.2, -0.15) is 0 Å². The van der Waals surface area contributed by atoms with Crippen molar-refractivity contribution >= 4 is 23.6 Å². The van der Waals surface area contributed by atoms with Gasteiger partial charge < -0.3 is 15.3 Å². The van der Waals surface area contributed by atoms with Gasteiger partial charge in [0.15, 0.2) is 0 Å². The molecule has 1 heterocycles. The van der Waals surface area contributed by atoms with Crippen molar-refractivity contribution in [3.63, 3.8) is 0 Å². The highest BCUT2D eigenvalue weighted by atomic mass is 35.5. The first kappa shape index (κ1) is 17.4. The molecule has 0 spiro atoms. The molecule has 0 radical (unpaired) electrons. The Balaban J connectivity index is 1.43. The standard InChI is InChI=1S/C21H25ClN2O3/c1-20(15-3-2-4-16(22)7-15)11-24(19(27)23-20)17-13-5-12-6-14(17)10-21(8-12,9-13)18(25)26/h2-4,7,12-14,17H,5-6,8-11H2,1H3,(H,23,27)(H,25,26)/t12?,13?,14?,17?,20-,21?/m1/s1. The van der Waals surface area contributed by atoms with Crippen molar-refractivity contribution in [3.05, 3.63) is 34.9 Å². The van der Waals surface area contributed by atoms with Crippen LogP contribution in [0.1, 0.15) is 44.6 Å². The molecule has 1 aromatic carbocycles. The summed E-state index contributed by atoms with van der Waals surface area (Å²) in [4.78, 5) is 26.9. The van der Waals surface area contributed by atoms with Crippen molar-refractivity contribution < 1.29 is 14.7 Å². The number of carboxylic acids is 1. The number of rotatable bonds is 3. The van der Waals surface area contributed by atoms with E-state index in [1.165, 1.54) is 0 Å². The van der Waals surface area contributed by atoms with Gasteiger partial charge >= 0.3 is 12.0 Å². The molecule has 27 heavy (non-hydrogen) atoms. The summed E-state index contributed by atoms with van der Waals surface area (Å²) < 4.78 is 0. The summed E-state index contributed by atoms with van der Waals surface area (Å²) in [5.74, 6) is 0.495. The minimum absolute atomic E-state index is 0.0284. The molecule has 6 rings (SSSR count). The molecule has 5 aliphatic rings. The van der Waals surface area contributed by atoms with Crippen LogP contribution in [0.25, 0.3) is 0 Å². The zero-order chi connectivity index (χ0) is 19.0. The van der Waals surface area contributed by atoms with E-state index in [9.17, 15) is 14.7 Å². The molecule has 4 bridgehead atoms. The van der Waals surface area contributed by atoms with E-state index >= 15 is 0 Å². The molecule has 144 valence electrons. The van der Waals surface area contributed by atoms with Gasteiger partial charge in [-0.05, 0) is 74.5 Å². The van der Waals surface area contributed by atoms with Crippen molar-refractivity contribution in [3.8, 4) is 0 Å². The lowest BCUT2D eigenvalue weighted by atomic mass is 9.47. The Morgan fingerprint density at radius 3 is 2.59 bits per heavy atom. The van der Waals surface area contributed by atoms with E-state index in [0.29, 0.717) is 29.3 Å². The van der Waals surface area contributed by atoms with Gasteiger partial charge in [0.2, 0.25) is 0 Å². The molecule has 4 saturated carbocycles. The zero-order valence-electron chi connectivity index (χ0n) is 15.5. The van der Waals surface area contributed by atoms with Crippen LogP contribution in [0.2, 0.25) is 5.02 Å². The minimum atomic E-state index is -0.630. The number of hydrogen-bond donors (Lipinski definition) is 2. The number of carbonyl (C=O) groups excluding carboxylic acids is 1. The van der Waals surface area contributed by atoms with Crippen LogP contribution in [0.3, 0.4) is 0 Å². The summed E-state index contributed by atoms with van der Waals surface area (Å²) in [6.07, 6.45) is 4.39. The van der Waals surface area contributed by atoms with E-state index in [1.807, 2.05) is 36.1 Å². The number of carboxylic acid groups (broad SMARTS) is 1. The second-order valence-corrected chi connectivity index (χ2v) is 9.88. The Bertz CT molecular complexity index is 811. The first-order valence-electron chi connectivity index (χ1n) is 9.88. The molecule has 2 amide bonds. The van der Waals surface area contributed by atoms with Crippen LogP contribution < -0.4 is 5.32 Å². The molecule has 4 aliphatic carbocycles. The number of halogens is 1. The molecule has 6 heteroatoms. The fourth-order valence-corrected chi connectivity index (χ4v) is 6.95. The van der Waals surface area contributed by atoms with Gasteiger partial charge in [0, 0.05) is 17.6 Å². The highest BCUT2D eigenvalue weighted by molar-refractivity contribution is 6.30. The van der Waals surface area contributed by atoms with Crippen LogP contribution in [0, 0.1) is 23.2 Å². The molecule has 1 aliphatic heterocycles. The average Bonchev–Trinajstić information content (AvgIpc) is 2.90. The zero-order valence-corrected chi connectivity index (χ0v) is 16.2. The SMILES string of the molecule is C[C@]1(c2cccc(Cl)c2)CN(C2C3CC4CC2CC(C(=O)O)(C4)C3)C(=O)N1. The molecule has 5 fully saturated rings. The molecule has 2 unspecified atom stereocenters. The van der Waals surface area contributed by atoms with E-state index in [1.54, 1.807) is 0 Å². The normalized spacial score (nSPS) is 42.4. The monoisotopic (exact) mass is 388 g/mol. The number of nitrogens with one attached hydrogen (secondary N) is 1. The molecule has 2 N–H and O–H groups in total. The van der Waals surface area contributed by atoms with Gasteiger partial charge in [-0.1, -0.05) is 23.7 Å². The molecular formula is C21H25ClN2O3. The Morgan fingerprint density at radius 2 is 1.96 bits per heavy atom. The van der Waals surface area contributed by atoms with E-state index in [2.05, 4.69) is 5.32 Å². The lowest BCUT2D eigenvalue weighted by molar-refractivity contribution is -0.170. The van der Waals surface area contributed by atoms with Gasteiger partial charge in [0.25, 0.3) is 0 Å². The third-order valence-corrected chi connectivity index (χ3v) is 7.86. The van der Waals surface area contributed by atoms with Gasteiger partial charge in [-0.15, -0.1) is 0 Å². The third-order valence-electron chi connectivity index (χ3n) is 7.63. The van der Waals surface area contributed by atoms with Gasteiger partial charge in [-0.3, -0.25) is 4.79 Å². The largest absolute Gasteiger partial charge is 0.481 e. The lowest BCUT2D eigenvalue weighted by Crippen LogP contribution is -2.61. The second kappa shape index (κ2) is 5.63. The van der Waals surface area contributed by atoms with Crippen LogP contribution >= 0.6 is 11.6 Å². The van der Waals surface area contributed by atoms with Crippen LogP contribution in [0.5, 0.6) is 0 Å².